The maximum Gasteiger partial charge on any atom is 0.219 e. The summed E-state index contributed by atoms with van der Waals surface area (Å²) in [6.45, 7) is 13.9. The molecule has 0 amide bonds. The summed E-state index contributed by atoms with van der Waals surface area (Å²) in [6, 6.07) is 8.96. The molecule has 1 atom stereocenters. The predicted molar refractivity (Wildman–Crippen MR) is 174 cm³/mol. The van der Waals surface area contributed by atoms with Gasteiger partial charge < -0.3 is 4.74 Å². The molecule has 0 bridgehead atoms. The van der Waals surface area contributed by atoms with E-state index in [1.807, 2.05) is 39.0 Å². The molecule has 1 aliphatic rings. The Morgan fingerprint density at radius 1 is 1.12 bits per heavy atom. The van der Waals surface area contributed by atoms with Gasteiger partial charge in [0.2, 0.25) is 7.44 Å². The summed E-state index contributed by atoms with van der Waals surface area (Å²) < 4.78 is 40.6. The number of rotatable bonds is 13. The first kappa shape index (κ1) is 33.1. The highest BCUT2D eigenvalue weighted by molar-refractivity contribution is 7.62. The summed E-state index contributed by atoms with van der Waals surface area (Å²) in [5.41, 5.74) is 2.49. The molecule has 0 spiro atoms. The van der Waals surface area contributed by atoms with Crippen LogP contribution in [-0.4, -0.2) is 72.4 Å². The molecule has 42 heavy (non-hydrogen) atoms. The number of benzene rings is 1. The second kappa shape index (κ2) is 14.3. The molecule has 4 rings (SSSR count). The van der Waals surface area contributed by atoms with E-state index in [-0.39, 0.29) is 16.8 Å². The number of hydrogen-bond acceptors (Lipinski definition) is 7. The molecule has 1 aromatic carbocycles. The fraction of sp³-hybridized carbons (Fsp3) is 0.533. The number of nitrogens with zero attached hydrogens (tertiary/aromatic N) is 4. The minimum Gasteiger partial charge on any atom is -0.490 e. The van der Waals surface area contributed by atoms with Crippen molar-refractivity contribution in [1.29, 1.82) is 0 Å². The Labute approximate surface area is 255 Å². The lowest BCUT2D eigenvalue weighted by molar-refractivity contribution is 0.203. The molecule has 12 heteroatoms. The van der Waals surface area contributed by atoms with Gasteiger partial charge in [-0.15, -0.1) is 11.3 Å². The van der Waals surface area contributed by atoms with Gasteiger partial charge in [-0.05, 0) is 69.4 Å². The topological polar surface area (TPSA) is 82.6 Å². The third-order valence-corrected chi connectivity index (χ3v) is 14.3. The molecule has 3 heterocycles. The zero-order chi connectivity index (χ0) is 30.5. The molecule has 1 aliphatic heterocycles. The van der Waals surface area contributed by atoms with Crippen LogP contribution in [-0.2, 0) is 11.0 Å². The van der Waals surface area contributed by atoms with Gasteiger partial charge in [0.05, 0.1) is 18.0 Å². The average molecular weight is 635 g/mol. The van der Waals surface area contributed by atoms with Gasteiger partial charge in [-0.2, -0.15) is 0 Å². The van der Waals surface area contributed by atoms with Crippen molar-refractivity contribution in [1.82, 2.24) is 29.5 Å². The SMILES string of the molecule is CCNP(=O)(NCC)C(CP1N(C)CC(C)(C)CN1C)c1ccc(OCCc2nc(-c3ccncc3)sc2C)c(F)c1. The molecular formula is C30H45FN6O2P2S. The summed E-state index contributed by atoms with van der Waals surface area (Å²) in [6.07, 6.45) is 4.76. The van der Waals surface area contributed by atoms with Gasteiger partial charge >= 0.3 is 0 Å². The molecule has 1 unspecified atom stereocenters. The lowest BCUT2D eigenvalue weighted by atomic mass is 9.93. The van der Waals surface area contributed by atoms with Gasteiger partial charge in [-0.25, -0.2) is 9.37 Å². The first-order valence-electron chi connectivity index (χ1n) is 14.5. The van der Waals surface area contributed by atoms with Crippen LogP contribution in [0, 0.1) is 18.2 Å². The molecule has 0 radical (unpaired) electrons. The van der Waals surface area contributed by atoms with Gasteiger partial charge in [-0.1, -0.05) is 33.8 Å². The quantitative estimate of drug-likeness (QED) is 0.196. The first-order chi connectivity index (χ1) is 20.0. The Hall–Kier alpha value is -1.77. The van der Waals surface area contributed by atoms with Crippen molar-refractivity contribution in [3.63, 3.8) is 0 Å². The minimum atomic E-state index is -3.08. The first-order valence-corrected chi connectivity index (χ1v) is 18.6. The third kappa shape index (κ3) is 8.03. The van der Waals surface area contributed by atoms with Crippen molar-refractivity contribution in [2.75, 3.05) is 53.0 Å². The Kier molecular flexibility index (Phi) is 11.3. The number of hydrogen-bond donors (Lipinski definition) is 2. The molecule has 230 valence electrons. The summed E-state index contributed by atoms with van der Waals surface area (Å²) >= 11 is 1.63. The summed E-state index contributed by atoms with van der Waals surface area (Å²) in [5, 5.41) is 7.45. The van der Waals surface area contributed by atoms with E-state index < -0.39 is 21.5 Å². The second-order valence-electron chi connectivity index (χ2n) is 11.6. The average Bonchev–Trinajstić information content (AvgIpc) is 3.29. The van der Waals surface area contributed by atoms with Crippen molar-refractivity contribution >= 4 is 27.0 Å². The zero-order valence-electron chi connectivity index (χ0n) is 25.9. The predicted octanol–water partition coefficient (Wildman–Crippen LogP) is 6.94. The zero-order valence-corrected chi connectivity index (χ0v) is 28.5. The number of thiazole rings is 1. The van der Waals surface area contributed by atoms with Crippen molar-refractivity contribution < 1.29 is 13.7 Å². The highest BCUT2D eigenvalue weighted by Gasteiger charge is 2.41. The van der Waals surface area contributed by atoms with E-state index in [2.05, 4.69) is 52.4 Å². The Bertz CT molecular complexity index is 1350. The minimum absolute atomic E-state index is 0.174. The van der Waals surface area contributed by atoms with E-state index in [9.17, 15) is 4.57 Å². The van der Waals surface area contributed by atoms with Crippen LogP contribution in [0.25, 0.3) is 10.6 Å². The lowest BCUT2D eigenvalue weighted by Crippen LogP contribution is -2.45. The fourth-order valence-corrected chi connectivity index (χ4v) is 12.8. The van der Waals surface area contributed by atoms with Gasteiger partial charge in [-0.3, -0.25) is 29.1 Å². The maximum atomic E-state index is 15.5. The number of ether oxygens (including phenoxy) is 1. The molecule has 2 N–H and O–H groups in total. The van der Waals surface area contributed by atoms with Gasteiger partial charge in [0.25, 0.3) is 0 Å². The lowest BCUT2D eigenvalue weighted by Gasteiger charge is -2.48. The molecule has 0 saturated carbocycles. The Balaban J connectivity index is 1.51. The number of pyridine rings is 1. The third-order valence-electron chi connectivity index (χ3n) is 7.42. The fourth-order valence-electron chi connectivity index (χ4n) is 5.70. The highest BCUT2D eigenvalue weighted by Crippen LogP contribution is 2.60. The van der Waals surface area contributed by atoms with Crippen LogP contribution < -0.4 is 14.9 Å². The van der Waals surface area contributed by atoms with Crippen molar-refractivity contribution in [2.24, 2.45) is 5.41 Å². The Morgan fingerprint density at radius 2 is 1.76 bits per heavy atom. The summed E-state index contributed by atoms with van der Waals surface area (Å²) in [5.74, 6) is -0.246. The standard InChI is InChI=1S/C30H45FN6O2P2S/c1-8-33-41(38,34-9-2)28(19-40-36(6)20-30(4,5)21-37(40)7)24-10-11-27(25(31)18-24)39-17-14-26-22(3)42-29(35-26)23-12-15-32-16-13-23/h10-13,15-16,18,28H,8-9,14,17,19-21H2,1-7H3,(H2,33,34,38). The summed E-state index contributed by atoms with van der Waals surface area (Å²) in [4.78, 5) is 9.97. The van der Waals surface area contributed by atoms with Crippen LogP contribution in [0.1, 0.15) is 49.5 Å². The molecule has 3 aromatic rings. The number of aromatic nitrogens is 2. The van der Waals surface area contributed by atoms with Crippen molar-refractivity contribution in [2.45, 2.75) is 46.7 Å². The van der Waals surface area contributed by atoms with Crippen molar-refractivity contribution in [3.05, 3.63) is 64.7 Å². The molecule has 1 fully saturated rings. The number of halogens is 1. The molecular weight excluding hydrogens is 589 g/mol. The van der Waals surface area contributed by atoms with E-state index in [4.69, 9.17) is 9.72 Å². The maximum absolute atomic E-state index is 15.5. The molecule has 8 nitrogen and oxygen atoms in total. The van der Waals surface area contributed by atoms with Crippen molar-refractivity contribution in [3.8, 4) is 16.3 Å². The van der Waals surface area contributed by atoms with Crippen LogP contribution in [0.5, 0.6) is 5.75 Å². The van der Waals surface area contributed by atoms with E-state index in [0.29, 0.717) is 32.3 Å². The molecule has 1 saturated heterocycles. The Morgan fingerprint density at radius 3 is 2.36 bits per heavy atom. The van der Waals surface area contributed by atoms with E-state index in [1.165, 1.54) is 6.07 Å². The monoisotopic (exact) mass is 634 g/mol. The largest absolute Gasteiger partial charge is 0.490 e. The molecule has 2 aromatic heterocycles. The van der Waals surface area contributed by atoms with Gasteiger partial charge in [0.15, 0.2) is 11.6 Å². The van der Waals surface area contributed by atoms with Gasteiger partial charge in [0.1, 0.15) is 5.01 Å². The van der Waals surface area contributed by atoms with Gasteiger partial charge in [0, 0.05) is 56.7 Å². The smallest absolute Gasteiger partial charge is 0.219 e. The number of nitrogens with one attached hydrogen (secondary N) is 2. The van der Waals surface area contributed by atoms with E-state index in [0.717, 1.165) is 39.8 Å². The van der Waals surface area contributed by atoms with Crippen LogP contribution >= 0.6 is 27.0 Å². The number of aryl methyl sites for hydroxylation is 1. The highest BCUT2D eigenvalue weighted by atomic mass is 32.1. The second-order valence-corrected chi connectivity index (χ2v) is 17.8. The van der Waals surface area contributed by atoms with Crippen LogP contribution in [0.2, 0.25) is 0 Å². The molecule has 0 aliphatic carbocycles. The summed E-state index contributed by atoms with van der Waals surface area (Å²) in [7, 11) is 0.488. The van der Waals surface area contributed by atoms with Crippen LogP contribution in [0.4, 0.5) is 4.39 Å². The van der Waals surface area contributed by atoms with E-state index in [1.54, 1.807) is 29.8 Å². The normalized spacial score (nSPS) is 17.4. The van der Waals surface area contributed by atoms with E-state index >= 15 is 4.39 Å². The van der Waals surface area contributed by atoms with Crippen LogP contribution in [0.15, 0.2) is 42.7 Å². The van der Waals surface area contributed by atoms with Crippen LogP contribution in [0.3, 0.4) is 0 Å².